The van der Waals surface area contributed by atoms with Crippen LogP contribution in [0.5, 0.6) is 0 Å². The summed E-state index contributed by atoms with van der Waals surface area (Å²) < 4.78 is 13.3. The van der Waals surface area contributed by atoms with Crippen molar-refractivity contribution >= 4 is 0 Å². The highest BCUT2D eigenvalue weighted by Crippen LogP contribution is 2.17. The molecule has 0 unspecified atom stereocenters. The summed E-state index contributed by atoms with van der Waals surface area (Å²) in [7, 11) is 0. The van der Waals surface area contributed by atoms with Crippen molar-refractivity contribution < 1.29 is 9.50 Å². The average molecular weight is 205 g/mol. The lowest BCUT2D eigenvalue weighted by molar-refractivity contribution is 0.276. The van der Waals surface area contributed by atoms with Crippen LogP contribution in [0, 0.1) is 5.82 Å². The van der Waals surface area contributed by atoms with Crippen molar-refractivity contribution in [1.82, 2.24) is 15.0 Å². The van der Waals surface area contributed by atoms with Crippen LogP contribution in [-0.4, -0.2) is 20.1 Å². The van der Waals surface area contributed by atoms with Gasteiger partial charge in [0.25, 0.3) is 0 Å². The number of halogens is 1. The maximum absolute atomic E-state index is 13.3. The molecule has 76 valence electrons. The molecule has 2 rings (SSSR count). The van der Waals surface area contributed by atoms with Crippen molar-refractivity contribution in [3.8, 4) is 11.4 Å². The maximum atomic E-state index is 13.3. The first-order valence-corrected chi connectivity index (χ1v) is 4.34. The Morgan fingerprint density at radius 2 is 2.13 bits per heavy atom. The minimum absolute atomic E-state index is 0.162. The first-order chi connectivity index (χ1) is 7.31. The lowest BCUT2D eigenvalue weighted by Gasteiger charge is -2.01. The van der Waals surface area contributed by atoms with Gasteiger partial charge in [-0.05, 0) is 18.2 Å². The summed E-state index contributed by atoms with van der Waals surface area (Å²) in [5.74, 6) is -0.444. The van der Waals surface area contributed by atoms with Crippen molar-refractivity contribution in [3.05, 3.63) is 42.2 Å². The van der Waals surface area contributed by atoms with Gasteiger partial charge in [0.2, 0.25) is 0 Å². The van der Waals surface area contributed by atoms with Crippen molar-refractivity contribution in [2.24, 2.45) is 0 Å². The second-order valence-corrected chi connectivity index (χ2v) is 2.89. The Bertz CT molecular complexity index is 476. The number of pyridine rings is 1. The third-order valence-corrected chi connectivity index (χ3v) is 1.89. The van der Waals surface area contributed by atoms with Gasteiger partial charge in [0, 0.05) is 6.20 Å². The first kappa shape index (κ1) is 9.67. The van der Waals surface area contributed by atoms with Crippen LogP contribution in [0.4, 0.5) is 4.39 Å². The van der Waals surface area contributed by atoms with Crippen molar-refractivity contribution in [2.45, 2.75) is 6.61 Å². The lowest BCUT2D eigenvalue weighted by atomic mass is 10.2. The molecule has 0 atom stereocenters. The quantitative estimate of drug-likeness (QED) is 0.799. The molecule has 5 heteroatoms. The lowest BCUT2D eigenvalue weighted by Crippen LogP contribution is -1.95. The summed E-state index contributed by atoms with van der Waals surface area (Å²) >= 11 is 0. The zero-order valence-electron chi connectivity index (χ0n) is 7.76. The number of aromatic nitrogens is 3. The summed E-state index contributed by atoms with van der Waals surface area (Å²) in [4.78, 5) is 11.6. The van der Waals surface area contributed by atoms with Gasteiger partial charge in [-0.25, -0.2) is 14.4 Å². The highest BCUT2D eigenvalue weighted by Gasteiger charge is 2.07. The smallest absolute Gasteiger partial charge is 0.151 e. The molecule has 0 aliphatic rings. The Morgan fingerprint density at radius 1 is 1.27 bits per heavy atom. The van der Waals surface area contributed by atoms with Gasteiger partial charge in [0.05, 0.1) is 18.0 Å². The molecule has 4 nitrogen and oxygen atoms in total. The zero-order chi connectivity index (χ0) is 10.7. The predicted molar refractivity (Wildman–Crippen MR) is 51.1 cm³/mol. The van der Waals surface area contributed by atoms with E-state index in [0.717, 1.165) is 0 Å². The van der Waals surface area contributed by atoms with E-state index in [1.54, 1.807) is 0 Å². The van der Waals surface area contributed by atoms with Gasteiger partial charge in [-0.1, -0.05) is 0 Å². The first-order valence-electron chi connectivity index (χ1n) is 4.34. The third kappa shape index (κ3) is 1.97. The normalized spacial score (nSPS) is 10.3. The fourth-order valence-corrected chi connectivity index (χ4v) is 1.19. The molecular weight excluding hydrogens is 197 g/mol. The molecule has 2 aromatic rings. The number of rotatable bonds is 2. The Balaban J connectivity index is 2.49. The predicted octanol–water partition coefficient (Wildman–Crippen LogP) is 1.17. The van der Waals surface area contributed by atoms with Gasteiger partial charge in [-0.2, -0.15) is 0 Å². The van der Waals surface area contributed by atoms with E-state index in [9.17, 15) is 4.39 Å². The number of hydrogen-bond acceptors (Lipinski definition) is 4. The van der Waals surface area contributed by atoms with Crippen molar-refractivity contribution in [1.29, 1.82) is 0 Å². The standard InChI is InChI=1S/C10H8FN3O/c11-8-2-1-3-12-10(8)9-4-7(5-15)13-6-14-9/h1-4,6,15H,5H2. The Morgan fingerprint density at radius 3 is 2.87 bits per heavy atom. The average Bonchev–Trinajstić information content (AvgIpc) is 2.30. The number of aliphatic hydroxyl groups excluding tert-OH is 1. The molecule has 0 spiro atoms. The van der Waals surface area contributed by atoms with E-state index in [-0.39, 0.29) is 12.3 Å². The third-order valence-electron chi connectivity index (χ3n) is 1.89. The summed E-state index contributed by atoms with van der Waals surface area (Å²) in [6.07, 6.45) is 2.76. The van der Waals surface area contributed by atoms with E-state index >= 15 is 0 Å². The van der Waals surface area contributed by atoms with Crippen LogP contribution in [0.2, 0.25) is 0 Å². The molecule has 2 aromatic heterocycles. The number of aliphatic hydroxyl groups is 1. The monoisotopic (exact) mass is 205 g/mol. The highest BCUT2D eigenvalue weighted by atomic mass is 19.1. The van der Waals surface area contributed by atoms with Crippen LogP contribution in [0.15, 0.2) is 30.7 Å². The van der Waals surface area contributed by atoms with Crippen molar-refractivity contribution in [3.63, 3.8) is 0 Å². The number of hydrogen-bond donors (Lipinski definition) is 1. The second-order valence-electron chi connectivity index (χ2n) is 2.89. The van der Waals surface area contributed by atoms with Crippen LogP contribution in [0.1, 0.15) is 5.69 Å². The van der Waals surface area contributed by atoms with E-state index in [1.807, 2.05) is 0 Å². The van der Waals surface area contributed by atoms with E-state index < -0.39 is 5.82 Å². The molecule has 0 aliphatic carbocycles. The van der Waals surface area contributed by atoms with Gasteiger partial charge in [0.15, 0.2) is 5.82 Å². The molecule has 0 saturated carbocycles. The SMILES string of the molecule is OCc1cc(-c2ncccc2F)ncn1. The Hall–Kier alpha value is -1.88. The van der Waals surface area contributed by atoms with E-state index in [4.69, 9.17) is 5.11 Å². The Kier molecular flexibility index (Phi) is 2.64. The van der Waals surface area contributed by atoms with E-state index in [0.29, 0.717) is 11.4 Å². The summed E-state index contributed by atoms with van der Waals surface area (Å²) in [6.45, 7) is -0.204. The summed E-state index contributed by atoms with van der Waals surface area (Å²) in [5.41, 5.74) is 0.965. The van der Waals surface area contributed by atoms with E-state index in [1.165, 1.54) is 30.7 Å². The van der Waals surface area contributed by atoms with Crippen molar-refractivity contribution in [2.75, 3.05) is 0 Å². The second kappa shape index (κ2) is 4.10. The van der Waals surface area contributed by atoms with Gasteiger partial charge in [0.1, 0.15) is 12.0 Å². The minimum Gasteiger partial charge on any atom is -0.390 e. The van der Waals surface area contributed by atoms with Crippen LogP contribution in [-0.2, 0) is 6.61 Å². The van der Waals surface area contributed by atoms with Gasteiger partial charge < -0.3 is 5.11 Å². The molecule has 2 heterocycles. The molecule has 0 radical (unpaired) electrons. The summed E-state index contributed by atoms with van der Waals surface area (Å²) in [6, 6.07) is 4.32. The van der Waals surface area contributed by atoms with Gasteiger partial charge in [-0.3, -0.25) is 4.98 Å². The molecule has 1 N–H and O–H groups in total. The largest absolute Gasteiger partial charge is 0.390 e. The fraction of sp³-hybridized carbons (Fsp3) is 0.100. The molecular formula is C10H8FN3O. The maximum Gasteiger partial charge on any atom is 0.151 e. The zero-order valence-corrected chi connectivity index (χ0v) is 7.76. The summed E-state index contributed by atoms with van der Waals surface area (Å²) in [5, 5.41) is 8.87. The highest BCUT2D eigenvalue weighted by molar-refractivity contribution is 5.54. The molecule has 15 heavy (non-hydrogen) atoms. The molecule has 0 amide bonds. The molecule has 0 bridgehead atoms. The van der Waals surface area contributed by atoms with Crippen LogP contribution >= 0.6 is 0 Å². The number of nitrogens with zero attached hydrogens (tertiary/aromatic N) is 3. The van der Waals surface area contributed by atoms with Crippen LogP contribution in [0.3, 0.4) is 0 Å². The molecule has 0 aliphatic heterocycles. The minimum atomic E-state index is -0.444. The topological polar surface area (TPSA) is 58.9 Å². The van der Waals surface area contributed by atoms with Gasteiger partial charge in [-0.15, -0.1) is 0 Å². The molecule has 0 fully saturated rings. The Labute approximate surface area is 85.5 Å². The van der Waals surface area contributed by atoms with E-state index in [2.05, 4.69) is 15.0 Å². The molecule has 0 saturated heterocycles. The van der Waals surface area contributed by atoms with Gasteiger partial charge >= 0.3 is 0 Å². The van der Waals surface area contributed by atoms with Crippen LogP contribution < -0.4 is 0 Å². The molecule has 0 aromatic carbocycles. The van der Waals surface area contributed by atoms with Crippen LogP contribution in [0.25, 0.3) is 11.4 Å². The fourth-order valence-electron chi connectivity index (χ4n) is 1.19.